The molecule has 1 aliphatic heterocycles. The molecule has 27 heavy (non-hydrogen) atoms. The number of piperidine rings is 1. The largest absolute Gasteiger partial charge is 0.356 e. The standard InChI is InChI=1S/C19H28N6S.HI/c1-14-5-4-6-17(23-14)25-11-8-16(9-12-25)24-19(20-3)21-10-7-18-22-13-15(2)26-18;/h4-6,13,16H,7-12H2,1-3H3,(H2,20,21,24);1H. The van der Waals surface area contributed by atoms with Gasteiger partial charge in [0, 0.05) is 55.9 Å². The molecule has 3 heterocycles. The summed E-state index contributed by atoms with van der Waals surface area (Å²) in [4.78, 5) is 17.0. The Balaban J connectivity index is 0.00000261. The normalized spacial score (nSPS) is 15.4. The molecule has 1 saturated heterocycles. The van der Waals surface area contributed by atoms with E-state index < -0.39 is 0 Å². The molecule has 0 aromatic carbocycles. The minimum atomic E-state index is 0. The van der Waals surface area contributed by atoms with Crippen LogP contribution >= 0.6 is 35.3 Å². The van der Waals surface area contributed by atoms with Gasteiger partial charge in [-0.25, -0.2) is 9.97 Å². The lowest BCUT2D eigenvalue weighted by Crippen LogP contribution is -2.49. The van der Waals surface area contributed by atoms with E-state index in [1.165, 1.54) is 9.88 Å². The van der Waals surface area contributed by atoms with Crippen molar-refractivity contribution in [1.29, 1.82) is 0 Å². The molecule has 1 fully saturated rings. The molecule has 0 unspecified atom stereocenters. The molecule has 0 radical (unpaired) electrons. The highest BCUT2D eigenvalue weighted by Crippen LogP contribution is 2.18. The third-order valence-corrected chi connectivity index (χ3v) is 5.53. The van der Waals surface area contributed by atoms with Crippen LogP contribution in [-0.4, -0.2) is 48.7 Å². The highest BCUT2D eigenvalue weighted by Gasteiger charge is 2.20. The van der Waals surface area contributed by atoms with E-state index >= 15 is 0 Å². The average molecular weight is 500 g/mol. The van der Waals surface area contributed by atoms with Crippen LogP contribution in [0.1, 0.15) is 28.4 Å². The zero-order valence-corrected chi connectivity index (χ0v) is 19.4. The molecule has 6 nitrogen and oxygen atoms in total. The first-order valence-corrected chi connectivity index (χ1v) is 10.0. The van der Waals surface area contributed by atoms with Crippen molar-refractivity contribution in [3.63, 3.8) is 0 Å². The molecule has 8 heteroatoms. The summed E-state index contributed by atoms with van der Waals surface area (Å²) in [5.41, 5.74) is 1.07. The fraction of sp³-hybridized carbons (Fsp3) is 0.526. The Bertz CT molecular complexity index is 739. The van der Waals surface area contributed by atoms with E-state index in [9.17, 15) is 0 Å². The second kappa shape index (κ2) is 10.8. The first kappa shape index (κ1) is 21.9. The van der Waals surface area contributed by atoms with Crippen LogP contribution in [0.3, 0.4) is 0 Å². The molecule has 0 bridgehead atoms. The fourth-order valence-corrected chi connectivity index (χ4v) is 3.94. The van der Waals surface area contributed by atoms with Crippen molar-refractivity contribution in [3.8, 4) is 0 Å². The van der Waals surface area contributed by atoms with Crippen molar-refractivity contribution in [2.45, 2.75) is 39.2 Å². The quantitative estimate of drug-likeness (QED) is 0.375. The van der Waals surface area contributed by atoms with Crippen molar-refractivity contribution >= 4 is 47.1 Å². The van der Waals surface area contributed by atoms with Gasteiger partial charge in [-0.2, -0.15) is 0 Å². The number of halogens is 1. The van der Waals surface area contributed by atoms with Crippen LogP contribution in [0, 0.1) is 13.8 Å². The maximum Gasteiger partial charge on any atom is 0.191 e. The smallest absolute Gasteiger partial charge is 0.191 e. The van der Waals surface area contributed by atoms with Gasteiger partial charge < -0.3 is 15.5 Å². The molecule has 2 aromatic rings. The molecule has 0 aliphatic carbocycles. The van der Waals surface area contributed by atoms with Gasteiger partial charge in [0.2, 0.25) is 0 Å². The summed E-state index contributed by atoms with van der Waals surface area (Å²) < 4.78 is 0. The predicted molar refractivity (Wildman–Crippen MR) is 125 cm³/mol. The zero-order valence-electron chi connectivity index (χ0n) is 16.2. The van der Waals surface area contributed by atoms with E-state index in [1.54, 1.807) is 11.3 Å². The Hall–Kier alpha value is -1.42. The molecule has 2 aromatic heterocycles. The van der Waals surface area contributed by atoms with Gasteiger partial charge >= 0.3 is 0 Å². The predicted octanol–water partition coefficient (Wildman–Crippen LogP) is 3.15. The maximum atomic E-state index is 4.63. The van der Waals surface area contributed by atoms with Crippen molar-refractivity contribution in [2.75, 3.05) is 31.6 Å². The molecule has 0 amide bonds. The molecular formula is C19H29IN6S. The SMILES string of the molecule is CN=C(NCCc1ncc(C)s1)NC1CCN(c2cccc(C)n2)CC1.I. The van der Waals surface area contributed by atoms with Gasteiger partial charge in [-0.1, -0.05) is 6.07 Å². The van der Waals surface area contributed by atoms with E-state index in [-0.39, 0.29) is 24.0 Å². The Morgan fingerprint density at radius 1 is 1.30 bits per heavy atom. The van der Waals surface area contributed by atoms with Crippen LogP contribution in [-0.2, 0) is 6.42 Å². The highest BCUT2D eigenvalue weighted by atomic mass is 127. The monoisotopic (exact) mass is 500 g/mol. The molecular weight excluding hydrogens is 471 g/mol. The number of hydrogen-bond acceptors (Lipinski definition) is 5. The summed E-state index contributed by atoms with van der Waals surface area (Å²) in [6.07, 6.45) is 5.03. The molecule has 3 rings (SSSR count). The second-order valence-electron chi connectivity index (χ2n) is 6.66. The topological polar surface area (TPSA) is 65.4 Å². The second-order valence-corrected chi connectivity index (χ2v) is 7.98. The highest BCUT2D eigenvalue weighted by molar-refractivity contribution is 14.0. The number of pyridine rings is 1. The molecule has 0 atom stereocenters. The van der Waals surface area contributed by atoms with Crippen molar-refractivity contribution < 1.29 is 0 Å². The van der Waals surface area contributed by atoms with Gasteiger partial charge in [0.25, 0.3) is 0 Å². The third-order valence-electron chi connectivity index (χ3n) is 4.56. The number of nitrogens with zero attached hydrogens (tertiary/aromatic N) is 4. The summed E-state index contributed by atoms with van der Waals surface area (Å²) in [5, 5.41) is 8.13. The zero-order chi connectivity index (χ0) is 18.4. The molecule has 0 saturated carbocycles. The van der Waals surface area contributed by atoms with Crippen molar-refractivity contribution in [2.24, 2.45) is 4.99 Å². The molecule has 148 valence electrons. The summed E-state index contributed by atoms with van der Waals surface area (Å²) in [7, 11) is 1.83. The van der Waals surface area contributed by atoms with Crippen LogP contribution in [0.15, 0.2) is 29.4 Å². The Labute approximate surface area is 182 Å². The van der Waals surface area contributed by atoms with Gasteiger partial charge in [-0.15, -0.1) is 35.3 Å². The summed E-state index contributed by atoms with van der Waals surface area (Å²) in [5.74, 6) is 1.97. The number of aryl methyl sites for hydroxylation is 2. The van der Waals surface area contributed by atoms with Crippen LogP contribution < -0.4 is 15.5 Å². The van der Waals surface area contributed by atoms with Gasteiger partial charge in [-0.3, -0.25) is 4.99 Å². The van der Waals surface area contributed by atoms with Gasteiger partial charge in [-0.05, 0) is 38.8 Å². The van der Waals surface area contributed by atoms with Gasteiger partial charge in [0.15, 0.2) is 5.96 Å². The minimum Gasteiger partial charge on any atom is -0.356 e. The van der Waals surface area contributed by atoms with Crippen LogP contribution in [0.4, 0.5) is 5.82 Å². The van der Waals surface area contributed by atoms with Crippen molar-refractivity contribution in [3.05, 3.63) is 40.0 Å². The average Bonchev–Trinajstić information content (AvgIpc) is 3.06. The minimum absolute atomic E-state index is 0. The number of guanidine groups is 1. The lowest BCUT2D eigenvalue weighted by atomic mass is 10.1. The molecule has 2 N–H and O–H groups in total. The van der Waals surface area contributed by atoms with Gasteiger partial charge in [0.1, 0.15) is 5.82 Å². The summed E-state index contributed by atoms with van der Waals surface area (Å²) >= 11 is 1.76. The number of aliphatic imine (C=N–C) groups is 1. The van der Waals surface area contributed by atoms with Crippen LogP contribution in [0.5, 0.6) is 0 Å². The number of rotatable bonds is 5. The van der Waals surface area contributed by atoms with Crippen LogP contribution in [0.2, 0.25) is 0 Å². The summed E-state index contributed by atoms with van der Waals surface area (Å²) in [6.45, 7) is 7.01. The van der Waals surface area contributed by atoms with E-state index in [0.717, 1.165) is 56.4 Å². The summed E-state index contributed by atoms with van der Waals surface area (Å²) in [6, 6.07) is 6.67. The third kappa shape index (κ3) is 6.60. The van der Waals surface area contributed by atoms with E-state index in [4.69, 9.17) is 0 Å². The number of hydrogen-bond donors (Lipinski definition) is 2. The Morgan fingerprint density at radius 3 is 2.70 bits per heavy atom. The number of aromatic nitrogens is 2. The number of anilines is 1. The number of thiazole rings is 1. The molecule has 1 aliphatic rings. The number of nitrogens with one attached hydrogen (secondary N) is 2. The maximum absolute atomic E-state index is 4.63. The fourth-order valence-electron chi connectivity index (χ4n) is 3.15. The van der Waals surface area contributed by atoms with E-state index in [2.05, 4.69) is 49.6 Å². The van der Waals surface area contributed by atoms with Gasteiger partial charge in [0.05, 0.1) is 5.01 Å². The lowest BCUT2D eigenvalue weighted by Gasteiger charge is -2.34. The molecule has 0 spiro atoms. The Kier molecular flexibility index (Phi) is 8.75. The van der Waals surface area contributed by atoms with Crippen molar-refractivity contribution in [1.82, 2.24) is 20.6 Å². The first-order chi connectivity index (χ1) is 12.6. The Morgan fingerprint density at radius 2 is 2.07 bits per heavy atom. The lowest BCUT2D eigenvalue weighted by molar-refractivity contribution is 0.459. The van der Waals surface area contributed by atoms with E-state index in [1.807, 2.05) is 26.2 Å². The first-order valence-electron chi connectivity index (χ1n) is 9.21. The van der Waals surface area contributed by atoms with Crippen LogP contribution in [0.25, 0.3) is 0 Å². The van der Waals surface area contributed by atoms with E-state index in [0.29, 0.717) is 6.04 Å².